The predicted octanol–water partition coefficient (Wildman–Crippen LogP) is 4.65. The Kier molecular flexibility index (Phi) is 5.11. The van der Waals surface area contributed by atoms with Crippen LogP contribution in [0.5, 0.6) is 0 Å². The number of nitrogens with zero attached hydrogens (tertiary/aromatic N) is 1. The minimum atomic E-state index is -0.524. The van der Waals surface area contributed by atoms with Crippen LogP contribution in [0.4, 0.5) is 10.7 Å². The molecule has 0 saturated heterocycles. The number of unbranched alkanes of at least 4 members (excludes halogenated alkanes) is 1. The molecule has 0 unspecified atom stereocenters. The summed E-state index contributed by atoms with van der Waals surface area (Å²) < 4.78 is 5.19. The summed E-state index contributed by atoms with van der Waals surface area (Å²) in [5, 5.41) is 2.64. The summed E-state index contributed by atoms with van der Waals surface area (Å²) in [7, 11) is 0. The lowest BCUT2D eigenvalue weighted by atomic mass is 10.1. The van der Waals surface area contributed by atoms with Crippen molar-refractivity contribution in [2.45, 2.75) is 32.8 Å². The molecule has 0 aliphatic heterocycles. The van der Waals surface area contributed by atoms with Crippen LogP contribution in [0, 0.1) is 0 Å². The molecule has 5 nitrogen and oxygen atoms in total. The molecule has 3 aromatic rings. The van der Waals surface area contributed by atoms with Crippen molar-refractivity contribution in [2.75, 3.05) is 5.32 Å². The highest BCUT2D eigenvalue weighted by atomic mass is 16.5. The highest BCUT2D eigenvalue weighted by molar-refractivity contribution is 5.86. The Morgan fingerprint density at radius 1 is 1.17 bits per heavy atom. The number of imidazole rings is 1. The van der Waals surface area contributed by atoms with Crippen LogP contribution in [0.3, 0.4) is 0 Å². The number of hydrogen-bond acceptors (Lipinski definition) is 3. The number of aryl methyl sites for hydroxylation is 1. The number of aromatic amines is 1. The van der Waals surface area contributed by atoms with Gasteiger partial charge in [0.2, 0.25) is 5.95 Å². The first kappa shape index (κ1) is 16.1. The summed E-state index contributed by atoms with van der Waals surface area (Å²) in [6.45, 7) is 2.41. The second-order valence-electron chi connectivity index (χ2n) is 5.73. The minimum Gasteiger partial charge on any atom is -0.444 e. The number of fused-ring (bicyclic) bond motifs is 1. The van der Waals surface area contributed by atoms with E-state index in [1.807, 2.05) is 36.4 Å². The largest absolute Gasteiger partial charge is 0.444 e. The molecule has 24 heavy (non-hydrogen) atoms. The Morgan fingerprint density at radius 3 is 2.79 bits per heavy atom. The first-order valence-electron chi connectivity index (χ1n) is 8.21. The van der Waals surface area contributed by atoms with Crippen LogP contribution in [-0.2, 0) is 17.8 Å². The topological polar surface area (TPSA) is 67.0 Å². The second-order valence-corrected chi connectivity index (χ2v) is 5.73. The van der Waals surface area contributed by atoms with Gasteiger partial charge in [0.25, 0.3) is 0 Å². The van der Waals surface area contributed by atoms with Crippen LogP contribution < -0.4 is 5.32 Å². The van der Waals surface area contributed by atoms with Gasteiger partial charge < -0.3 is 9.72 Å². The summed E-state index contributed by atoms with van der Waals surface area (Å²) in [6, 6.07) is 15.7. The van der Waals surface area contributed by atoms with E-state index in [9.17, 15) is 4.79 Å². The smallest absolute Gasteiger partial charge is 0.414 e. The molecule has 0 saturated carbocycles. The zero-order chi connectivity index (χ0) is 16.8. The van der Waals surface area contributed by atoms with E-state index in [0.717, 1.165) is 29.4 Å². The highest BCUT2D eigenvalue weighted by Gasteiger charge is 2.08. The molecule has 3 rings (SSSR count). The summed E-state index contributed by atoms with van der Waals surface area (Å²) in [6.07, 6.45) is 2.86. The van der Waals surface area contributed by atoms with Gasteiger partial charge in [0, 0.05) is 0 Å². The van der Waals surface area contributed by atoms with Gasteiger partial charge in [-0.25, -0.2) is 9.78 Å². The number of benzene rings is 2. The van der Waals surface area contributed by atoms with E-state index in [-0.39, 0.29) is 6.61 Å². The molecule has 0 spiro atoms. The predicted molar refractivity (Wildman–Crippen MR) is 95.0 cm³/mol. The number of rotatable bonds is 6. The maximum absolute atomic E-state index is 11.9. The third-order valence-corrected chi connectivity index (χ3v) is 3.80. The second kappa shape index (κ2) is 7.64. The average molecular weight is 323 g/mol. The molecule has 0 atom stereocenters. The van der Waals surface area contributed by atoms with Gasteiger partial charge in [0.05, 0.1) is 11.0 Å². The Balaban J connectivity index is 1.61. The molecule has 1 heterocycles. The highest BCUT2D eigenvalue weighted by Crippen LogP contribution is 2.17. The zero-order valence-corrected chi connectivity index (χ0v) is 13.7. The van der Waals surface area contributed by atoms with E-state index < -0.39 is 6.09 Å². The summed E-state index contributed by atoms with van der Waals surface area (Å²) in [5.74, 6) is 0.399. The lowest BCUT2D eigenvalue weighted by molar-refractivity contribution is 0.155. The standard InChI is InChI=1S/C19H21N3O2/c1-2-3-7-14-10-11-16-17(12-14)21-18(20-16)22-19(23)24-13-15-8-5-4-6-9-15/h4-6,8-12H,2-3,7,13H2,1H3,(H2,20,21,22,23). The van der Waals surface area contributed by atoms with Crippen LogP contribution in [0.25, 0.3) is 11.0 Å². The van der Waals surface area contributed by atoms with Crippen molar-refractivity contribution in [1.82, 2.24) is 9.97 Å². The molecule has 0 bridgehead atoms. The average Bonchev–Trinajstić information content (AvgIpc) is 3.00. The van der Waals surface area contributed by atoms with Crippen molar-refractivity contribution < 1.29 is 9.53 Å². The van der Waals surface area contributed by atoms with Crippen molar-refractivity contribution >= 4 is 23.1 Å². The molecule has 0 aliphatic rings. The summed E-state index contributed by atoms with van der Waals surface area (Å²) in [5.41, 5.74) is 3.96. The van der Waals surface area contributed by atoms with Crippen molar-refractivity contribution in [1.29, 1.82) is 0 Å². The molecule has 124 valence electrons. The normalized spacial score (nSPS) is 10.7. The van der Waals surface area contributed by atoms with Crippen molar-refractivity contribution in [3.05, 3.63) is 59.7 Å². The van der Waals surface area contributed by atoms with Gasteiger partial charge in [-0.05, 0) is 36.1 Å². The minimum absolute atomic E-state index is 0.230. The number of anilines is 1. The van der Waals surface area contributed by atoms with Crippen molar-refractivity contribution in [3.8, 4) is 0 Å². The first-order valence-corrected chi connectivity index (χ1v) is 8.21. The maximum Gasteiger partial charge on any atom is 0.414 e. The Labute approximate surface area is 141 Å². The van der Waals surface area contributed by atoms with Crippen LogP contribution in [-0.4, -0.2) is 16.1 Å². The number of H-pyrrole nitrogens is 1. The molecule has 2 N–H and O–H groups in total. The Hall–Kier alpha value is -2.82. The number of ether oxygens (including phenoxy) is 1. The maximum atomic E-state index is 11.9. The molecule has 1 aromatic heterocycles. The Bertz CT molecular complexity index is 812. The molecule has 5 heteroatoms. The van der Waals surface area contributed by atoms with Gasteiger partial charge in [-0.15, -0.1) is 0 Å². The molecule has 0 fully saturated rings. The van der Waals surface area contributed by atoms with Gasteiger partial charge in [0.15, 0.2) is 0 Å². The third-order valence-electron chi connectivity index (χ3n) is 3.80. The Morgan fingerprint density at radius 2 is 2.00 bits per heavy atom. The SMILES string of the molecule is CCCCc1ccc2nc(NC(=O)OCc3ccccc3)[nH]c2c1. The molecule has 0 aliphatic carbocycles. The fourth-order valence-electron chi connectivity index (χ4n) is 2.51. The van der Waals surface area contributed by atoms with Gasteiger partial charge in [-0.3, -0.25) is 5.32 Å². The third kappa shape index (κ3) is 4.13. The monoisotopic (exact) mass is 323 g/mol. The van der Waals surface area contributed by atoms with Crippen LogP contribution >= 0.6 is 0 Å². The van der Waals surface area contributed by atoms with Gasteiger partial charge in [-0.1, -0.05) is 49.7 Å². The number of aromatic nitrogens is 2. The summed E-state index contributed by atoms with van der Waals surface area (Å²) in [4.78, 5) is 19.4. The molecule has 1 amide bonds. The van der Waals surface area contributed by atoms with E-state index in [1.165, 1.54) is 12.0 Å². The molecule has 2 aromatic carbocycles. The van der Waals surface area contributed by atoms with Gasteiger partial charge in [-0.2, -0.15) is 0 Å². The van der Waals surface area contributed by atoms with Crippen LogP contribution in [0.1, 0.15) is 30.9 Å². The fraction of sp³-hybridized carbons (Fsp3) is 0.263. The van der Waals surface area contributed by atoms with E-state index in [0.29, 0.717) is 5.95 Å². The number of hydrogen-bond donors (Lipinski definition) is 2. The first-order chi connectivity index (χ1) is 11.7. The van der Waals surface area contributed by atoms with E-state index in [1.54, 1.807) is 0 Å². The number of carbonyl (C=O) groups excluding carboxylic acids is 1. The fourth-order valence-corrected chi connectivity index (χ4v) is 2.51. The molecular formula is C19H21N3O2. The molecular weight excluding hydrogens is 302 g/mol. The van der Waals surface area contributed by atoms with Crippen LogP contribution in [0.15, 0.2) is 48.5 Å². The molecule has 0 radical (unpaired) electrons. The lowest BCUT2D eigenvalue weighted by Crippen LogP contribution is -2.14. The number of carbonyl (C=O) groups is 1. The summed E-state index contributed by atoms with van der Waals surface area (Å²) >= 11 is 0. The van der Waals surface area contributed by atoms with Crippen molar-refractivity contribution in [2.24, 2.45) is 0 Å². The van der Waals surface area contributed by atoms with E-state index in [4.69, 9.17) is 4.74 Å². The zero-order valence-electron chi connectivity index (χ0n) is 13.7. The van der Waals surface area contributed by atoms with Crippen LogP contribution in [0.2, 0.25) is 0 Å². The number of nitrogens with one attached hydrogen (secondary N) is 2. The van der Waals surface area contributed by atoms with Gasteiger partial charge >= 0.3 is 6.09 Å². The van der Waals surface area contributed by atoms with Crippen molar-refractivity contribution in [3.63, 3.8) is 0 Å². The quantitative estimate of drug-likeness (QED) is 0.693. The lowest BCUT2D eigenvalue weighted by Gasteiger charge is -2.04. The van der Waals surface area contributed by atoms with E-state index in [2.05, 4.69) is 34.3 Å². The number of amides is 1. The van der Waals surface area contributed by atoms with E-state index >= 15 is 0 Å². The van der Waals surface area contributed by atoms with Gasteiger partial charge in [0.1, 0.15) is 6.61 Å².